The van der Waals surface area contributed by atoms with Crippen molar-refractivity contribution < 1.29 is 25.2 Å². The second kappa shape index (κ2) is 7.35. The Labute approximate surface area is 160 Å². The molecule has 0 amide bonds. The minimum atomic E-state index is -3.57. The van der Waals surface area contributed by atoms with Crippen molar-refractivity contribution in [2.24, 2.45) is 0 Å². The van der Waals surface area contributed by atoms with Crippen LogP contribution >= 0.6 is 0 Å². The number of hydrogen-bond donors (Lipinski definition) is 0. The Morgan fingerprint density at radius 1 is 0.704 bits per heavy atom. The third-order valence-electron chi connectivity index (χ3n) is 4.83. The molecule has 0 saturated heterocycles. The first-order valence-corrected chi connectivity index (χ1v) is 12.1. The lowest BCUT2D eigenvalue weighted by Gasteiger charge is -2.32. The molecule has 0 fully saturated rings. The monoisotopic (exact) mass is 410 g/mol. The third kappa shape index (κ3) is 4.40. The molecule has 2 aromatic carbocycles. The first-order valence-electron chi connectivity index (χ1n) is 8.51. The standard InChI is InChI=1S/C19H22O6S2/c1-26(20,21)24-13-11-19(12-14-25-27(2,22)23)17-9-5-3-7-15(17)16-8-4-6-10-18(16)19/h3-10H,11-14H2,1-2H3. The van der Waals surface area contributed by atoms with Crippen molar-refractivity contribution in [2.45, 2.75) is 18.3 Å². The van der Waals surface area contributed by atoms with Crippen molar-refractivity contribution in [3.05, 3.63) is 59.7 Å². The van der Waals surface area contributed by atoms with Gasteiger partial charge in [0, 0.05) is 5.41 Å². The molecular weight excluding hydrogens is 388 g/mol. The summed E-state index contributed by atoms with van der Waals surface area (Å²) in [5.41, 5.74) is 3.60. The molecule has 0 heterocycles. The van der Waals surface area contributed by atoms with Gasteiger partial charge in [-0.2, -0.15) is 16.8 Å². The van der Waals surface area contributed by atoms with E-state index in [0.717, 1.165) is 34.8 Å². The van der Waals surface area contributed by atoms with E-state index in [2.05, 4.69) is 0 Å². The molecule has 0 radical (unpaired) electrons. The van der Waals surface area contributed by atoms with E-state index in [-0.39, 0.29) is 13.2 Å². The highest BCUT2D eigenvalue weighted by atomic mass is 32.2. The van der Waals surface area contributed by atoms with Crippen LogP contribution in [-0.2, 0) is 34.0 Å². The van der Waals surface area contributed by atoms with Gasteiger partial charge in [-0.3, -0.25) is 8.37 Å². The number of hydrogen-bond acceptors (Lipinski definition) is 6. The van der Waals surface area contributed by atoms with Crippen LogP contribution in [0.1, 0.15) is 24.0 Å². The lowest BCUT2D eigenvalue weighted by molar-refractivity contribution is 0.241. The molecule has 0 unspecified atom stereocenters. The van der Waals surface area contributed by atoms with E-state index >= 15 is 0 Å². The quantitative estimate of drug-likeness (QED) is 0.622. The first kappa shape index (κ1) is 20.0. The topological polar surface area (TPSA) is 86.7 Å². The summed E-state index contributed by atoms with van der Waals surface area (Å²) < 4.78 is 55.7. The zero-order valence-electron chi connectivity index (χ0n) is 15.2. The Kier molecular flexibility index (Phi) is 5.45. The van der Waals surface area contributed by atoms with Crippen LogP contribution in [0.4, 0.5) is 0 Å². The summed E-state index contributed by atoms with van der Waals surface area (Å²) in [5.74, 6) is 0. The Bertz CT molecular complexity index is 956. The molecule has 0 atom stereocenters. The zero-order chi connectivity index (χ0) is 19.7. The molecule has 3 rings (SSSR count). The normalized spacial score (nSPS) is 15.3. The van der Waals surface area contributed by atoms with Gasteiger partial charge in [-0.25, -0.2) is 0 Å². The molecule has 6 nitrogen and oxygen atoms in total. The summed E-state index contributed by atoms with van der Waals surface area (Å²) in [7, 11) is -7.14. The van der Waals surface area contributed by atoms with Gasteiger partial charge in [0.1, 0.15) is 0 Å². The Balaban J connectivity index is 2.03. The number of rotatable bonds is 8. The van der Waals surface area contributed by atoms with Gasteiger partial charge in [0.15, 0.2) is 0 Å². The van der Waals surface area contributed by atoms with Crippen molar-refractivity contribution in [1.29, 1.82) is 0 Å². The minimum absolute atomic E-state index is 0.000374. The summed E-state index contributed by atoms with van der Waals surface area (Å²) in [6.45, 7) is 0.000748. The van der Waals surface area contributed by atoms with Gasteiger partial charge in [0.2, 0.25) is 0 Å². The molecule has 0 aromatic heterocycles. The second-order valence-corrected chi connectivity index (χ2v) is 10.0. The molecule has 1 aliphatic rings. The van der Waals surface area contributed by atoms with E-state index in [4.69, 9.17) is 8.37 Å². The SMILES string of the molecule is CS(=O)(=O)OCCC1(CCOS(C)(=O)=O)c2ccccc2-c2ccccc21. The molecular formula is C19H22O6S2. The largest absolute Gasteiger partial charge is 0.270 e. The van der Waals surface area contributed by atoms with Crippen LogP contribution < -0.4 is 0 Å². The van der Waals surface area contributed by atoms with E-state index in [1.54, 1.807) is 0 Å². The summed E-state index contributed by atoms with van der Waals surface area (Å²) >= 11 is 0. The second-order valence-electron chi connectivity index (χ2n) is 6.73. The Morgan fingerprint density at radius 3 is 1.44 bits per heavy atom. The molecule has 0 N–H and O–H groups in total. The van der Waals surface area contributed by atoms with Gasteiger partial charge in [-0.1, -0.05) is 48.5 Å². The Hall–Kier alpha value is -1.74. The van der Waals surface area contributed by atoms with E-state index in [9.17, 15) is 16.8 Å². The maximum absolute atomic E-state index is 11.4. The highest BCUT2D eigenvalue weighted by molar-refractivity contribution is 7.86. The van der Waals surface area contributed by atoms with E-state index in [1.165, 1.54) is 0 Å². The van der Waals surface area contributed by atoms with Crippen molar-refractivity contribution in [1.82, 2.24) is 0 Å². The summed E-state index contributed by atoms with van der Waals surface area (Å²) in [6, 6.07) is 15.8. The molecule has 0 spiro atoms. The van der Waals surface area contributed by atoms with Gasteiger partial charge < -0.3 is 0 Å². The van der Waals surface area contributed by atoms with Crippen LogP contribution in [0.2, 0.25) is 0 Å². The van der Waals surface area contributed by atoms with Gasteiger partial charge in [-0.15, -0.1) is 0 Å². The predicted molar refractivity (Wildman–Crippen MR) is 103 cm³/mol. The molecule has 27 heavy (non-hydrogen) atoms. The first-order chi connectivity index (χ1) is 12.6. The van der Waals surface area contributed by atoms with Crippen LogP contribution in [0.3, 0.4) is 0 Å². The molecule has 2 aromatic rings. The molecule has 0 bridgehead atoms. The lowest BCUT2D eigenvalue weighted by Crippen LogP contribution is -2.30. The van der Waals surface area contributed by atoms with Crippen molar-refractivity contribution in [3.8, 4) is 11.1 Å². The van der Waals surface area contributed by atoms with Crippen LogP contribution in [-0.4, -0.2) is 42.6 Å². The van der Waals surface area contributed by atoms with Crippen LogP contribution in [0.5, 0.6) is 0 Å². The van der Waals surface area contributed by atoms with Crippen molar-refractivity contribution in [3.63, 3.8) is 0 Å². The zero-order valence-corrected chi connectivity index (χ0v) is 16.8. The van der Waals surface area contributed by atoms with Crippen molar-refractivity contribution in [2.75, 3.05) is 25.7 Å². The summed E-state index contributed by atoms with van der Waals surface area (Å²) in [4.78, 5) is 0. The molecule has 1 aliphatic carbocycles. The summed E-state index contributed by atoms with van der Waals surface area (Å²) in [6.07, 6.45) is 2.81. The van der Waals surface area contributed by atoms with Crippen molar-refractivity contribution >= 4 is 20.2 Å². The maximum atomic E-state index is 11.4. The molecule has 0 saturated carbocycles. The highest BCUT2D eigenvalue weighted by Crippen LogP contribution is 2.52. The fraction of sp³-hybridized carbons (Fsp3) is 0.368. The van der Waals surface area contributed by atoms with Gasteiger partial charge in [0.05, 0.1) is 25.7 Å². The number of benzene rings is 2. The average Bonchev–Trinajstić information content (AvgIpc) is 2.84. The molecule has 0 aliphatic heterocycles. The maximum Gasteiger partial charge on any atom is 0.264 e. The van der Waals surface area contributed by atoms with Gasteiger partial charge in [-0.05, 0) is 35.1 Å². The lowest BCUT2D eigenvalue weighted by atomic mass is 9.73. The van der Waals surface area contributed by atoms with Gasteiger partial charge in [0.25, 0.3) is 20.2 Å². The number of fused-ring (bicyclic) bond motifs is 3. The average molecular weight is 411 g/mol. The smallest absolute Gasteiger partial charge is 0.264 e. The van der Waals surface area contributed by atoms with E-state index < -0.39 is 25.7 Å². The summed E-state index contributed by atoms with van der Waals surface area (Å²) in [5, 5.41) is 0. The Morgan fingerprint density at radius 2 is 1.07 bits per heavy atom. The van der Waals surface area contributed by atoms with E-state index in [0.29, 0.717) is 12.8 Å². The molecule has 8 heteroatoms. The fourth-order valence-corrected chi connectivity index (χ4v) is 4.59. The van der Waals surface area contributed by atoms with E-state index in [1.807, 2.05) is 48.5 Å². The van der Waals surface area contributed by atoms with Gasteiger partial charge >= 0.3 is 0 Å². The fourth-order valence-electron chi connectivity index (χ4n) is 3.81. The van der Waals surface area contributed by atoms with Crippen LogP contribution in [0.15, 0.2) is 48.5 Å². The third-order valence-corrected chi connectivity index (χ3v) is 6.02. The van der Waals surface area contributed by atoms with Crippen LogP contribution in [0.25, 0.3) is 11.1 Å². The predicted octanol–water partition coefficient (Wildman–Crippen LogP) is 2.69. The highest BCUT2D eigenvalue weighted by Gasteiger charge is 2.42. The van der Waals surface area contributed by atoms with Crippen LogP contribution in [0, 0.1) is 0 Å². The molecule has 146 valence electrons. The minimum Gasteiger partial charge on any atom is -0.270 e.